The van der Waals surface area contributed by atoms with Gasteiger partial charge in [0.1, 0.15) is 12.1 Å². The van der Waals surface area contributed by atoms with E-state index in [0.717, 1.165) is 11.1 Å². The molecule has 1 amide bonds. The first-order valence-corrected chi connectivity index (χ1v) is 10.9. The Kier molecular flexibility index (Phi) is 5.03. The van der Waals surface area contributed by atoms with Gasteiger partial charge in [-0.1, -0.05) is 42.5 Å². The molecule has 2 heterocycles. The largest absolute Gasteiger partial charge is 0.369 e. The number of nitrogens with zero attached hydrogens (tertiary/aromatic N) is 4. The van der Waals surface area contributed by atoms with Crippen LogP contribution in [0.2, 0.25) is 0 Å². The molecule has 3 N–H and O–H groups in total. The highest BCUT2D eigenvalue weighted by Gasteiger charge is 2.49. The van der Waals surface area contributed by atoms with Crippen LogP contribution in [0.25, 0.3) is 11.1 Å². The summed E-state index contributed by atoms with van der Waals surface area (Å²) in [4.78, 5) is 27.3. The van der Waals surface area contributed by atoms with E-state index in [1.165, 1.54) is 18.3 Å². The van der Waals surface area contributed by atoms with Gasteiger partial charge in [0.15, 0.2) is 11.5 Å². The number of carbonyl (C=O) groups excluding carboxylic acids is 1. The molecular weight excluding hydrogens is 418 g/mol. The van der Waals surface area contributed by atoms with Crippen molar-refractivity contribution in [1.82, 2.24) is 14.9 Å². The summed E-state index contributed by atoms with van der Waals surface area (Å²) in [6, 6.07) is 13.6. The number of rotatable bonds is 5. The van der Waals surface area contributed by atoms with Gasteiger partial charge >= 0.3 is 0 Å². The van der Waals surface area contributed by atoms with Crippen molar-refractivity contribution in [2.75, 3.05) is 7.05 Å². The lowest BCUT2D eigenvalue weighted by Crippen LogP contribution is -2.41. The summed E-state index contributed by atoms with van der Waals surface area (Å²) in [6.45, 7) is 0. The third kappa shape index (κ3) is 3.78. The fourth-order valence-corrected chi connectivity index (χ4v) is 4.25. The molecule has 1 aliphatic heterocycles. The molecule has 1 atom stereocenters. The van der Waals surface area contributed by atoms with Crippen molar-refractivity contribution in [2.45, 2.75) is 11.3 Å². The lowest BCUT2D eigenvalue weighted by molar-refractivity contribution is -0.129. The average molecular weight is 437 g/mol. The summed E-state index contributed by atoms with van der Waals surface area (Å²) in [7, 11) is -2.72. The highest BCUT2D eigenvalue weighted by molar-refractivity contribution is 7.85. The summed E-state index contributed by atoms with van der Waals surface area (Å²) in [5, 5.41) is 0. The minimum absolute atomic E-state index is 0.0404. The zero-order chi connectivity index (χ0) is 22.2. The van der Waals surface area contributed by atoms with Gasteiger partial charge in [0, 0.05) is 25.0 Å². The van der Waals surface area contributed by atoms with Crippen molar-refractivity contribution in [2.24, 2.45) is 10.7 Å². The van der Waals surface area contributed by atoms with E-state index in [9.17, 15) is 17.8 Å². The van der Waals surface area contributed by atoms with Gasteiger partial charge in [0.25, 0.3) is 16.0 Å². The SMILES string of the molecule is CN1C(=O)C(c2cccc(CS(=O)(=O)O)c2)(c2cccc(-c3cncnc3)c2)N=C1N. The first-order chi connectivity index (χ1) is 14.7. The summed E-state index contributed by atoms with van der Waals surface area (Å²) >= 11 is 0. The molecule has 0 radical (unpaired) electrons. The Bertz CT molecular complexity index is 1290. The van der Waals surface area contributed by atoms with Crippen LogP contribution in [0.3, 0.4) is 0 Å². The van der Waals surface area contributed by atoms with Crippen LogP contribution < -0.4 is 5.73 Å². The van der Waals surface area contributed by atoms with E-state index in [-0.39, 0.29) is 11.9 Å². The molecule has 3 aromatic rings. The van der Waals surface area contributed by atoms with Crippen molar-refractivity contribution in [3.8, 4) is 11.1 Å². The fraction of sp³-hybridized carbons (Fsp3) is 0.143. The van der Waals surface area contributed by atoms with Crippen molar-refractivity contribution >= 4 is 22.0 Å². The highest BCUT2D eigenvalue weighted by Crippen LogP contribution is 2.40. The molecule has 4 rings (SSSR count). The Hall–Kier alpha value is -3.63. The summed E-state index contributed by atoms with van der Waals surface area (Å²) in [6.07, 6.45) is 4.74. The number of aliphatic imine (C=N–C) groups is 1. The quantitative estimate of drug-likeness (QED) is 0.578. The molecule has 158 valence electrons. The molecule has 1 unspecified atom stereocenters. The smallest absolute Gasteiger partial charge is 0.269 e. The van der Waals surface area contributed by atoms with Crippen LogP contribution in [0.1, 0.15) is 16.7 Å². The van der Waals surface area contributed by atoms with E-state index in [0.29, 0.717) is 16.7 Å². The Morgan fingerprint density at radius 1 is 1.03 bits per heavy atom. The zero-order valence-electron chi connectivity index (χ0n) is 16.5. The van der Waals surface area contributed by atoms with Crippen LogP contribution in [-0.2, 0) is 26.2 Å². The van der Waals surface area contributed by atoms with Crippen LogP contribution in [0.4, 0.5) is 0 Å². The molecule has 0 saturated heterocycles. The first kappa shape index (κ1) is 20.6. The van der Waals surface area contributed by atoms with Gasteiger partial charge in [-0.2, -0.15) is 8.42 Å². The van der Waals surface area contributed by atoms with Crippen LogP contribution >= 0.6 is 0 Å². The standard InChI is InChI=1S/C21H19N5O4S/c1-26-19(27)21(25-20(26)22,17-6-2-4-14(8-17)12-31(28,29)30)18-7-3-5-15(9-18)16-10-23-13-24-11-16/h2-11,13H,12H2,1H3,(H2,22,25)(H,28,29,30). The number of amides is 1. The second-order valence-corrected chi connectivity index (χ2v) is 8.63. The molecule has 9 nitrogen and oxygen atoms in total. The Morgan fingerprint density at radius 2 is 1.68 bits per heavy atom. The number of aromatic nitrogens is 2. The topological polar surface area (TPSA) is 139 Å². The van der Waals surface area contributed by atoms with Crippen LogP contribution in [0.5, 0.6) is 0 Å². The van der Waals surface area contributed by atoms with Crippen LogP contribution in [0, 0.1) is 0 Å². The summed E-state index contributed by atoms with van der Waals surface area (Å²) < 4.78 is 32.0. The molecular formula is C21H19N5O4S. The molecule has 2 aromatic carbocycles. The normalized spacial score (nSPS) is 18.8. The number of nitrogens with two attached hydrogens (primary N) is 1. The zero-order valence-corrected chi connectivity index (χ0v) is 17.3. The number of likely N-dealkylation sites (N-methyl/N-ethyl adjacent to an activating group) is 1. The molecule has 0 bridgehead atoms. The maximum atomic E-state index is 13.4. The molecule has 10 heteroatoms. The number of hydrogen-bond acceptors (Lipinski definition) is 7. The van der Waals surface area contributed by atoms with E-state index in [1.807, 2.05) is 12.1 Å². The van der Waals surface area contributed by atoms with E-state index in [1.54, 1.807) is 48.8 Å². The summed E-state index contributed by atoms with van der Waals surface area (Å²) in [5.41, 5.74) is 7.36. The molecule has 0 saturated carbocycles. The van der Waals surface area contributed by atoms with Gasteiger partial charge in [0.05, 0.1) is 0 Å². The van der Waals surface area contributed by atoms with Gasteiger partial charge in [-0.15, -0.1) is 0 Å². The summed E-state index contributed by atoms with van der Waals surface area (Å²) in [5.74, 6) is -0.921. The predicted molar refractivity (Wildman–Crippen MR) is 114 cm³/mol. The minimum Gasteiger partial charge on any atom is -0.369 e. The molecule has 31 heavy (non-hydrogen) atoms. The molecule has 1 aliphatic rings. The molecule has 0 spiro atoms. The van der Waals surface area contributed by atoms with Crippen LogP contribution in [0.15, 0.2) is 72.2 Å². The maximum Gasteiger partial charge on any atom is 0.269 e. The van der Waals surface area contributed by atoms with Gasteiger partial charge in [0.2, 0.25) is 0 Å². The van der Waals surface area contributed by atoms with Crippen molar-refractivity contribution in [3.05, 3.63) is 83.9 Å². The van der Waals surface area contributed by atoms with Gasteiger partial charge in [-0.25, -0.2) is 15.0 Å². The van der Waals surface area contributed by atoms with E-state index < -0.39 is 21.4 Å². The molecule has 0 aliphatic carbocycles. The van der Waals surface area contributed by atoms with Gasteiger partial charge in [-0.3, -0.25) is 14.2 Å². The number of benzene rings is 2. The van der Waals surface area contributed by atoms with E-state index in [2.05, 4.69) is 15.0 Å². The predicted octanol–water partition coefficient (Wildman–Crippen LogP) is 1.56. The minimum atomic E-state index is -4.25. The Morgan fingerprint density at radius 3 is 2.29 bits per heavy atom. The second kappa shape index (κ2) is 7.56. The molecule has 0 fully saturated rings. The monoisotopic (exact) mass is 437 g/mol. The second-order valence-electron chi connectivity index (χ2n) is 7.18. The fourth-order valence-electron chi connectivity index (χ4n) is 3.65. The Balaban J connectivity index is 1.92. The number of guanidine groups is 1. The van der Waals surface area contributed by atoms with Crippen molar-refractivity contribution < 1.29 is 17.8 Å². The van der Waals surface area contributed by atoms with Crippen LogP contribution in [-0.4, -0.2) is 46.8 Å². The van der Waals surface area contributed by atoms with Crippen molar-refractivity contribution in [3.63, 3.8) is 0 Å². The Labute approximate surface area is 179 Å². The number of hydrogen-bond donors (Lipinski definition) is 2. The molecule has 1 aromatic heterocycles. The third-order valence-electron chi connectivity index (χ3n) is 5.11. The third-order valence-corrected chi connectivity index (χ3v) is 5.81. The average Bonchev–Trinajstić information content (AvgIpc) is 2.98. The maximum absolute atomic E-state index is 13.4. The lowest BCUT2D eigenvalue weighted by Gasteiger charge is -2.27. The number of carbonyl (C=O) groups is 1. The van der Waals surface area contributed by atoms with Gasteiger partial charge < -0.3 is 5.73 Å². The van der Waals surface area contributed by atoms with E-state index in [4.69, 9.17) is 5.73 Å². The first-order valence-electron chi connectivity index (χ1n) is 9.25. The van der Waals surface area contributed by atoms with Gasteiger partial charge in [-0.05, 0) is 28.3 Å². The van der Waals surface area contributed by atoms with E-state index >= 15 is 0 Å². The highest BCUT2D eigenvalue weighted by atomic mass is 32.2. The van der Waals surface area contributed by atoms with Crippen molar-refractivity contribution in [1.29, 1.82) is 0 Å². The lowest BCUT2D eigenvalue weighted by atomic mass is 9.81.